The van der Waals surface area contributed by atoms with Gasteiger partial charge in [-0.1, -0.05) is 31.9 Å². The molecule has 2 aromatic carbocycles. The van der Waals surface area contributed by atoms with Crippen LogP contribution in [0, 0.1) is 3.57 Å². The van der Waals surface area contributed by atoms with Crippen LogP contribution >= 0.6 is 54.5 Å². The molecule has 2 aromatic rings. The molecule has 0 spiro atoms. The summed E-state index contributed by atoms with van der Waals surface area (Å²) in [4.78, 5) is 12.5. The number of benzene rings is 2. The summed E-state index contributed by atoms with van der Waals surface area (Å²) >= 11 is 9.00. The third-order valence-electron chi connectivity index (χ3n) is 2.82. The van der Waals surface area contributed by atoms with Crippen LogP contribution in [0.3, 0.4) is 0 Å². The summed E-state index contributed by atoms with van der Waals surface area (Å²) < 4.78 is 8.10. The second kappa shape index (κ2) is 7.04. The maximum absolute atomic E-state index is 12.5. The maximum Gasteiger partial charge on any atom is 0.168 e. The molecular weight excluding hydrogens is 499 g/mol. The average Bonchev–Trinajstić information content (AvgIpc) is 2.41. The Bertz CT molecular complexity index is 656. The summed E-state index contributed by atoms with van der Waals surface area (Å²) in [6, 6.07) is 11.4. The van der Waals surface area contributed by atoms with Gasteiger partial charge in [0.25, 0.3) is 0 Å². The molecule has 20 heavy (non-hydrogen) atoms. The number of hydrogen-bond donors (Lipinski definition) is 0. The van der Waals surface area contributed by atoms with Gasteiger partial charge in [0, 0.05) is 30.1 Å². The van der Waals surface area contributed by atoms with Crippen LogP contribution in [-0.4, -0.2) is 12.9 Å². The minimum atomic E-state index is 0.0760. The Morgan fingerprint density at radius 3 is 2.50 bits per heavy atom. The van der Waals surface area contributed by atoms with Crippen molar-refractivity contribution in [3.8, 4) is 5.75 Å². The number of rotatable bonds is 4. The smallest absolute Gasteiger partial charge is 0.168 e. The first-order chi connectivity index (χ1) is 9.51. The highest BCUT2D eigenvalue weighted by molar-refractivity contribution is 14.1. The Labute approximate surface area is 148 Å². The van der Waals surface area contributed by atoms with Crippen molar-refractivity contribution in [2.45, 2.75) is 6.42 Å². The highest BCUT2D eigenvalue weighted by Gasteiger charge is 2.14. The molecule has 0 aliphatic heterocycles. The van der Waals surface area contributed by atoms with Gasteiger partial charge in [-0.25, -0.2) is 0 Å². The molecule has 0 heterocycles. The Morgan fingerprint density at radius 1 is 1.15 bits per heavy atom. The Balaban J connectivity index is 2.32. The van der Waals surface area contributed by atoms with Gasteiger partial charge in [-0.15, -0.1) is 0 Å². The fraction of sp³-hybridized carbons (Fsp3) is 0.133. The normalized spacial score (nSPS) is 10.4. The van der Waals surface area contributed by atoms with Crippen LogP contribution in [-0.2, 0) is 6.42 Å². The van der Waals surface area contributed by atoms with E-state index in [1.807, 2.05) is 36.4 Å². The van der Waals surface area contributed by atoms with Gasteiger partial charge in [-0.2, -0.15) is 0 Å². The van der Waals surface area contributed by atoms with E-state index in [1.165, 1.54) is 0 Å². The van der Waals surface area contributed by atoms with Gasteiger partial charge in [0.1, 0.15) is 5.75 Å². The number of methoxy groups -OCH3 is 1. The summed E-state index contributed by atoms with van der Waals surface area (Å²) in [7, 11) is 1.61. The second-order valence-corrected chi connectivity index (χ2v) is 7.17. The summed E-state index contributed by atoms with van der Waals surface area (Å²) in [5.74, 6) is 0.804. The molecule has 0 saturated carbocycles. The molecule has 0 fully saturated rings. The molecule has 0 aromatic heterocycles. The molecule has 2 rings (SSSR count). The standard InChI is InChI=1S/C15H11Br2IO2/c1-20-15-5-3-10(16)6-9(15)7-14(19)12-8-11(17)2-4-13(12)18/h2-6,8H,7H2,1H3. The van der Waals surface area contributed by atoms with Crippen molar-refractivity contribution in [1.82, 2.24) is 0 Å². The fourth-order valence-electron chi connectivity index (χ4n) is 1.86. The first kappa shape index (κ1) is 16.0. The predicted molar refractivity (Wildman–Crippen MR) is 95.6 cm³/mol. The van der Waals surface area contributed by atoms with E-state index in [-0.39, 0.29) is 5.78 Å². The Hall–Kier alpha value is -0.400. The second-order valence-electron chi connectivity index (χ2n) is 4.18. The summed E-state index contributed by atoms with van der Waals surface area (Å²) in [6.07, 6.45) is 0.315. The molecule has 0 bridgehead atoms. The molecule has 104 valence electrons. The van der Waals surface area contributed by atoms with Gasteiger partial charge in [-0.3, -0.25) is 4.79 Å². The minimum Gasteiger partial charge on any atom is -0.496 e. The lowest BCUT2D eigenvalue weighted by atomic mass is 10.0. The van der Waals surface area contributed by atoms with E-state index >= 15 is 0 Å². The van der Waals surface area contributed by atoms with Gasteiger partial charge in [0.15, 0.2) is 5.78 Å². The molecule has 0 amide bonds. The molecule has 0 N–H and O–H groups in total. The molecule has 0 aliphatic carbocycles. The monoisotopic (exact) mass is 508 g/mol. The van der Waals surface area contributed by atoms with Crippen molar-refractivity contribution in [3.05, 3.63) is 60.0 Å². The summed E-state index contributed by atoms with van der Waals surface area (Å²) in [5.41, 5.74) is 1.60. The summed E-state index contributed by atoms with van der Waals surface area (Å²) in [6.45, 7) is 0. The lowest BCUT2D eigenvalue weighted by molar-refractivity contribution is 0.0991. The molecule has 0 aliphatic rings. The fourth-order valence-corrected chi connectivity index (χ4v) is 3.27. The predicted octanol–water partition coefficient (Wildman–Crippen LogP) is 5.25. The highest BCUT2D eigenvalue weighted by atomic mass is 127. The molecule has 0 saturated heterocycles. The number of ketones is 1. The largest absolute Gasteiger partial charge is 0.496 e. The van der Waals surface area contributed by atoms with Gasteiger partial charge >= 0.3 is 0 Å². The number of carbonyl (C=O) groups excluding carboxylic acids is 1. The van der Waals surface area contributed by atoms with Crippen molar-refractivity contribution < 1.29 is 9.53 Å². The van der Waals surface area contributed by atoms with E-state index in [9.17, 15) is 4.79 Å². The van der Waals surface area contributed by atoms with Crippen LogP contribution in [0.25, 0.3) is 0 Å². The molecular formula is C15H11Br2IO2. The Kier molecular flexibility index (Phi) is 5.63. The van der Waals surface area contributed by atoms with Crippen LogP contribution in [0.15, 0.2) is 45.3 Å². The number of carbonyl (C=O) groups is 1. The van der Waals surface area contributed by atoms with Crippen LogP contribution in [0.2, 0.25) is 0 Å². The third kappa shape index (κ3) is 3.83. The van der Waals surface area contributed by atoms with Crippen LogP contribution in [0.1, 0.15) is 15.9 Å². The van der Waals surface area contributed by atoms with E-state index in [4.69, 9.17) is 4.74 Å². The molecule has 2 nitrogen and oxygen atoms in total. The highest BCUT2D eigenvalue weighted by Crippen LogP contribution is 2.26. The number of Topliss-reactive ketones (excluding diaryl/α,β-unsaturated/α-hetero) is 1. The van der Waals surface area contributed by atoms with E-state index in [1.54, 1.807) is 7.11 Å². The van der Waals surface area contributed by atoms with Gasteiger partial charge in [-0.05, 0) is 59.0 Å². The van der Waals surface area contributed by atoms with Gasteiger partial charge in [0.2, 0.25) is 0 Å². The average molecular weight is 510 g/mol. The van der Waals surface area contributed by atoms with E-state index in [0.717, 1.165) is 29.4 Å². The topological polar surface area (TPSA) is 26.3 Å². The van der Waals surface area contributed by atoms with Crippen molar-refractivity contribution >= 4 is 60.2 Å². The van der Waals surface area contributed by atoms with Crippen LogP contribution in [0.4, 0.5) is 0 Å². The molecule has 5 heteroatoms. The Morgan fingerprint density at radius 2 is 1.80 bits per heavy atom. The maximum atomic E-state index is 12.5. The first-order valence-corrected chi connectivity index (χ1v) is 8.48. The van der Waals surface area contributed by atoms with Crippen molar-refractivity contribution in [1.29, 1.82) is 0 Å². The summed E-state index contributed by atoms with van der Waals surface area (Å²) in [5, 5.41) is 0. The van der Waals surface area contributed by atoms with E-state index in [2.05, 4.69) is 54.5 Å². The third-order valence-corrected chi connectivity index (χ3v) is 4.75. The van der Waals surface area contributed by atoms with Crippen molar-refractivity contribution in [3.63, 3.8) is 0 Å². The number of hydrogen-bond acceptors (Lipinski definition) is 2. The van der Waals surface area contributed by atoms with Crippen molar-refractivity contribution in [2.75, 3.05) is 7.11 Å². The van der Waals surface area contributed by atoms with Crippen LogP contribution in [0.5, 0.6) is 5.75 Å². The zero-order valence-electron chi connectivity index (χ0n) is 10.6. The van der Waals surface area contributed by atoms with Gasteiger partial charge in [0.05, 0.1) is 7.11 Å². The van der Waals surface area contributed by atoms with Crippen molar-refractivity contribution in [2.24, 2.45) is 0 Å². The zero-order chi connectivity index (χ0) is 14.7. The minimum absolute atomic E-state index is 0.0760. The number of ether oxygens (including phenoxy) is 1. The zero-order valence-corrected chi connectivity index (χ0v) is 16.0. The van der Waals surface area contributed by atoms with Crippen LogP contribution < -0.4 is 4.74 Å². The lowest BCUT2D eigenvalue weighted by Crippen LogP contribution is -2.07. The quantitative estimate of drug-likeness (QED) is 0.416. The van der Waals surface area contributed by atoms with Gasteiger partial charge < -0.3 is 4.74 Å². The molecule has 0 radical (unpaired) electrons. The number of halogens is 3. The molecule has 0 unspecified atom stereocenters. The van der Waals surface area contributed by atoms with E-state index < -0.39 is 0 Å². The SMILES string of the molecule is COc1ccc(Br)cc1CC(=O)c1cc(Br)ccc1I. The lowest BCUT2D eigenvalue weighted by Gasteiger charge is -2.09. The first-order valence-electron chi connectivity index (χ1n) is 5.82. The van der Waals surface area contributed by atoms with E-state index in [0.29, 0.717) is 6.42 Å². The molecule has 0 atom stereocenters.